The fourth-order valence-corrected chi connectivity index (χ4v) is 3.02. The minimum absolute atomic E-state index is 0.392. The molecule has 0 amide bonds. The molecule has 0 aromatic carbocycles. The molecule has 3 heterocycles. The minimum atomic E-state index is 0.392. The highest BCUT2D eigenvalue weighted by Gasteiger charge is 2.27. The zero-order valence-corrected chi connectivity index (χ0v) is 12.5. The van der Waals surface area contributed by atoms with Crippen LogP contribution in [0, 0.1) is 0 Å². The Morgan fingerprint density at radius 3 is 2.95 bits per heavy atom. The number of imidazole rings is 1. The Bertz CT molecular complexity index is 614. The van der Waals surface area contributed by atoms with Crippen LogP contribution in [0.5, 0.6) is 5.88 Å². The molecule has 1 saturated heterocycles. The van der Waals surface area contributed by atoms with E-state index in [2.05, 4.69) is 31.5 Å². The Morgan fingerprint density at radius 2 is 2.30 bits per heavy atom. The van der Waals surface area contributed by atoms with E-state index in [-0.39, 0.29) is 0 Å². The Kier molecular flexibility index (Phi) is 3.76. The molecular weight excluding hydrogens is 278 g/mol. The van der Waals surface area contributed by atoms with Gasteiger partial charge in [-0.2, -0.15) is 4.98 Å². The molecule has 1 fully saturated rings. The maximum absolute atomic E-state index is 5.91. The average Bonchev–Trinajstić information content (AvgIpc) is 3.01. The number of halogens is 1. The third-order valence-corrected chi connectivity index (χ3v) is 3.95. The number of alkyl halides is 1. The van der Waals surface area contributed by atoms with Gasteiger partial charge < -0.3 is 14.2 Å². The summed E-state index contributed by atoms with van der Waals surface area (Å²) in [5, 5.41) is 0. The summed E-state index contributed by atoms with van der Waals surface area (Å²) in [6.45, 7) is 2.10. The predicted molar refractivity (Wildman–Crippen MR) is 77.5 cm³/mol. The first-order valence-corrected chi connectivity index (χ1v) is 7.28. The number of methoxy groups -OCH3 is 1. The molecule has 0 bridgehead atoms. The van der Waals surface area contributed by atoms with Crippen molar-refractivity contribution in [3.05, 3.63) is 12.2 Å². The molecule has 2 aromatic heterocycles. The Morgan fingerprint density at radius 1 is 1.45 bits per heavy atom. The van der Waals surface area contributed by atoms with E-state index in [4.69, 9.17) is 16.3 Å². The van der Waals surface area contributed by atoms with Crippen molar-refractivity contribution < 1.29 is 4.74 Å². The highest BCUT2D eigenvalue weighted by Crippen LogP contribution is 2.29. The fourth-order valence-electron chi connectivity index (χ4n) is 2.85. The molecule has 0 saturated carbocycles. The van der Waals surface area contributed by atoms with Crippen LogP contribution < -0.4 is 4.74 Å². The molecular formula is C13H18ClN5O. The molecule has 1 aliphatic rings. The second kappa shape index (κ2) is 5.54. The number of aromatic nitrogens is 4. The van der Waals surface area contributed by atoms with Crippen molar-refractivity contribution in [3.63, 3.8) is 0 Å². The van der Waals surface area contributed by atoms with Gasteiger partial charge in [0.1, 0.15) is 12.2 Å². The second-order valence-corrected chi connectivity index (χ2v) is 5.47. The van der Waals surface area contributed by atoms with Gasteiger partial charge in [0.05, 0.1) is 13.2 Å². The molecule has 7 heteroatoms. The Labute approximate surface area is 122 Å². The zero-order chi connectivity index (χ0) is 14.1. The van der Waals surface area contributed by atoms with E-state index in [0.717, 1.165) is 42.9 Å². The number of rotatable bonds is 4. The van der Waals surface area contributed by atoms with E-state index in [1.807, 2.05) is 0 Å². The van der Waals surface area contributed by atoms with E-state index in [9.17, 15) is 0 Å². The van der Waals surface area contributed by atoms with Crippen molar-refractivity contribution in [2.75, 3.05) is 33.1 Å². The monoisotopic (exact) mass is 295 g/mol. The van der Waals surface area contributed by atoms with E-state index < -0.39 is 0 Å². The summed E-state index contributed by atoms with van der Waals surface area (Å²) in [6, 6.07) is 0.392. The van der Waals surface area contributed by atoms with Gasteiger partial charge in [-0.3, -0.25) is 0 Å². The van der Waals surface area contributed by atoms with Gasteiger partial charge in [0.2, 0.25) is 5.88 Å². The van der Waals surface area contributed by atoms with Crippen molar-refractivity contribution in [2.24, 2.45) is 0 Å². The van der Waals surface area contributed by atoms with Crippen LogP contribution in [0.25, 0.3) is 11.2 Å². The first-order chi connectivity index (χ1) is 9.74. The zero-order valence-electron chi connectivity index (χ0n) is 11.7. The number of ether oxygens (including phenoxy) is 1. The van der Waals surface area contributed by atoms with Gasteiger partial charge in [-0.15, -0.1) is 11.6 Å². The van der Waals surface area contributed by atoms with Crippen molar-refractivity contribution in [2.45, 2.75) is 18.9 Å². The maximum Gasteiger partial charge on any atom is 0.245 e. The van der Waals surface area contributed by atoms with Crippen molar-refractivity contribution in [1.82, 2.24) is 24.4 Å². The van der Waals surface area contributed by atoms with Gasteiger partial charge in [0.15, 0.2) is 11.2 Å². The van der Waals surface area contributed by atoms with Gasteiger partial charge in [-0.05, 0) is 20.0 Å². The largest absolute Gasteiger partial charge is 0.479 e. The van der Waals surface area contributed by atoms with Crippen LogP contribution in [0.15, 0.2) is 6.33 Å². The lowest BCUT2D eigenvalue weighted by Crippen LogP contribution is -2.18. The molecule has 3 rings (SSSR count). The van der Waals surface area contributed by atoms with E-state index in [1.165, 1.54) is 6.33 Å². The summed E-state index contributed by atoms with van der Waals surface area (Å²) < 4.78 is 7.50. The summed E-state index contributed by atoms with van der Waals surface area (Å²) >= 11 is 5.91. The predicted octanol–water partition coefficient (Wildman–Crippen LogP) is 1.49. The van der Waals surface area contributed by atoms with Crippen LogP contribution in [0.2, 0.25) is 0 Å². The first-order valence-electron chi connectivity index (χ1n) is 6.75. The number of aryl methyl sites for hydroxylation is 1. The summed E-state index contributed by atoms with van der Waals surface area (Å²) in [5.41, 5.74) is 1.57. The molecule has 1 aliphatic heterocycles. The van der Waals surface area contributed by atoms with Crippen molar-refractivity contribution in [3.8, 4) is 5.88 Å². The van der Waals surface area contributed by atoms with Gasteiger partial charge >= 0.3 is 0 Å². The molecule has 108 valence electrons. The second-order valence-electron chi connectivity index (χ2n) is 5.10. The number of fused-ring (bicyclic) bond motifs is 1. The van der Waals surface area contributed by atoms with Crippen LogP contribution in [0.4, 0.5) is 0 Å². The quantitative estimate of drug-likeness (QED) is 0.800. The number of nitrogens with zero attached hydrogens (tertiary/aromatic N) is 5. The molecule has 0 spiro atoms. The molecule has 0 N–H and O–H groups in total. The molecule has 20 heavy (non-hydrogen) atoms. The molecule has 0 radical (unpaired) electrons. The van der Waals surface area contributed by atoms with Gasteiger partial charge in [0, 0.05) is 18.8 Å². The Balaban J connectivity index is 2.14. The van der Waals surface area contributed by atoms with Crippen molar-refractivity contribution in [1.29, 1.82) is 0 Å². The maximum atomic E-state index is 5.91. The number of likely N-dealkylation sites (tertiary alicyclic amines) is 1. The van der Waals surface area contributed by atoms with Gasteiger partial charge in [-0.1, -0.05) is 0 Å². The standard InChI is InChI=1S/C13H18ClN5O/c1-18-6-4-9(7-18)19-10(3-5-14)17-11-12(19)15-8-16-13(11)20-2/h8-9H,3-7H2,1-2H3. The highest BCUT2D eigenvalue weighted by molar-refractivity contribution is 6.17. The first kappa shape index (κ1) is 13.6. The lowest BCUT2D eigenvalue weighted by molar-refractivity contribution is 0.391. The van der Waals surface area contributed by atoms with E-state index in [1.54, 1.807) is 7.11 Å². The summed E-state index contributed by atoms with van der Waals surface area (Å²) in [5.74, 6) is 2.03. The van der Waals surface area contributed by atoms with Crippen LogP contribution in [-0.2, 0) is 6.42 Å². The lowest BCUT2D eigenvalue weighted by atomic mass is 10.2. The average molecular weight is 296 g/mol. The number of hydrogen-bond acceptors (Lipinski definition) is 5. The molecule has 2 aromatic rings. The summed E-state index contributed by atoms with van der Waals surface area (Å²) in [4.78, 5) is 15.5. The third-order valence-electron chi connectivity index (χ3n) is 3.76. The smallest absolute Gasteiger partial charge is 0.245 e. The lowest BCUT2D eigenvalue weighted by Gasteiger charge is -2.15. The van der Waals surface area contributed by atoms with Crippen LogP contribution in [0.3, 0.4) is 0 Å². The summed E-state index contributed by atoms with van der Waals surface area (Å²) in [6.07, 6.45) is 3.35. The van der Waals surface area contributed by atoms with Gasteiger partial charge in [0.25, 0.3) is 0 Å². The molecule has 1 atom stereocenters. The number of likely N-dealkylation sites (N-methyl/N-ethyl adjacent to an activating group) is 1. The van der Waals surface area contributed by atoms with Crippen LogP contribution in [0.1, 0.15) is 18.3 Å². The van der Waals surface area contributed by atoms with E-state index in [0.29, 0.717) is 17.8 Å². The minimum Gasteiger partial charge on any atom is -0.479 e. The summed E-state index contributed by atoms with van der Waals surface area (Å²) in [7, 11) is 3.74. The fraction of sp³-hybridized carbons (Fsp3) is 0.615. The topological polar surface area (TPSA) is 56.1 Å². The highest BCUT2D eigenvalue weighted by atomic mass is 35.5. The Hall–Kier alpha value is -1.40. The molecule has 1 unspecified atom stereocenters. The van der Waals surface area contributed by atoms with E-state index >= 15 is 0 Å². The van der Waals surface area contributed by atoms with Crippen LogP contribution >= 0.6 is 11.6 Å². The third kappa shape index (κ3) is 2.23. The normalized spacial score (nSPS) is 19.9. The van der Waals surface area contributed by atoms with Crippen molar-refractivity contribution >= 4 is 22.8 Å². The molecule has 6 nitrogen and oxygen atoms in total. The number of hydrogen-bond donors (Lipinski definition) is 0. The molecule has 0 aliphatic carbocycles. The van der Waals surface area contributed by atoms with Gasteiger partial charge in [-0.25, -0.2) is 9.97 Å². The SMILES string of the molecule is COc1ncnc2c1nc(CCCl)n2C1CCN(C)C1. The van der Waals surface area contributed by atoms with Crippen LogP contribution in [-0.4, -0.2) is 57.5 Å².